The second kappa shape index (κ2) is 3.78. The molecule has 0 aromatic carbocycles. The van der Waals surface area contributed by atoms with Crippen molar-refractivity contribution in [1.29, 1.82) is 0 Å². The van der Waals surface area contributed by atoms with E-state index in [0.717, 1.165) is 12.8 Å². The monoisotopic (exact) mass is 172 g/mol. The Labute approximate surface area is 80.3 Å². The molecule has 0 bridgehead atoms. The third-order valence-corrected chi connectivity index (χ3v) is 2.81. The van der Waals surface area contributed by atoms with Gasteiger partial charge in [0.05, 0.1) is 0 Å². The molecule has 0 N–H and O–H groups in total. The Morgan fingerprint density at radius 1 is 1.23 bits per heavy atom. The van der Waals surface area contributed by atoms with Gasteiger partial charge in [0.1, 0.15) is 0 Å². The first-order chi connectivity index (χ1) is 6.40. The van der Waals surface area contributed by atoms with Crippen LogP contribution in [0.3, 0.4) is 0 Å². The summed E-state index contributed by atoms with van der Waals surface area (Å²) in [6, 6.07) is 0. The van der Waals surface area contributed by atoms with Crippen molar-refractivity contribution in [1.82, 2.24) is 0 Å². The van der Waals surface area contributed by atoms with Crippen LogP contribution in [0.4, 0.5) is 0 Å². The molecule has 0 amide bonds. The molecule has 0 saturated heterocycles. The molecule has 0 nitrogen and oxygen atoms in total. The van der Waals surface area contributed by atoms with Gasteiger partial charge in [-0.15, -0.1) is 0 Å². The molecule has 0 aromatic rings. The molecule has 0 heteroatoms. The number of allylic oxidation sites excluding steroid dienone is 8. The van der Waals surface area contributed by atoms with E-state index >= 15 is 0 Å². The summed E-state index contributed by atoms with van der Waals surface area (Å²) >= 11 is 0. The largest absolute Gasteiger partial charge is 0.0805 e. The van der Waals surface area contributed by atoms with Crippen LogP contribution in [0.25, 0.3) is 0 Å². The van der Waals surface area contributed by atoms with Gasteiger partial charge in [0, 0.05) is 0 Å². The fourth-order valence-corrected chi connectivity index (χ4v) is 2.01. The summed E-state index contributed by atoms with van der Waals surface area (Å²) in [6.07, 6.45) is 16.1. The summed E-state index contributed by atoms with van der Waals surface area (Å²) in [7, 11) is 0. The Kier molecular flexibility index (Phi) is 2.49. The Morgan fingerprint density at radius 3 is 2.85 bits per heavy atom. The molecule has 0 unspecified atom stereocenters. The van der Waals surface area contributed by atoms with Crippen molar-refractivity contribution in [3.8, 4) is 0 Å². The molecule has 2 aliphatic rings. The van der Waals surface area contributed by atoms with Gasteiger partial charge in [0.15, 0.2) is 0 Å². The number of hydrogen-bond acceptors (Lipinski definition) is 0. The molecular formula is C13H16. The van der Waals surface area contributed by atoms with Crippen LogP contribution in [0.5, 0.6) is 0 Å². The molecule has 2 rings (SSSR count). The predicted molar refractivity (Wildman–Crippen MR) is 57.5 cm³/mol. The lowest BCUT2D eigenvalue weighted by atomic mass is 10.0. The van der Waals surface area contributed by atoms with Crippen LogP contribution in [0.1, 0.15) is 32.6 Å². The van der Waals surface area contributed by atoms with Gasteiger partial charge in [0.2, 0.25) is 0 Å². The molecule has 0 spiro atoms. The standard InChI is InChI=1S/C13H16/c1-2-12-8-5-9-13(12)10-11-6-3-4-7-11/h3,5-7,9H,2,4,8,10H2,1H3. The van der Waals surface area contributed by atoms with Crippen LogP contribution in [-0.4, -0.2) is 0 Å². The molecule has 0 atom stereocenters. The van der Waals surface area contributed by atoms with Gasteiger partial charge >= 0.3 is 0 Å². The molecule has 0 saturated carbocycles. The lowest BCUT2D eigenvalue weighted by Crippen LogP contribution is -1.84. The van der Waals surface area contributed by atoms with Crippen molar-refractivity contribution in [3.05, 3.63) is 47.1 Å². The SMILES string of the molecule is CCC1=C(CC2=CCC=C2)C=CC1. The second-order valence-electron chi connectivity index (χ2n) is 3.68. The van der Waals surface area contributed by atoms with E-state index < -0.39 is 0 Å². The van der Waals surface area contributed by atoms with Crippen LogP contribution in [0.2, 0.25) is 0 Å². The molecule has 0 heterocycles. The van der Waals surface area contributed by atoms with Gasteiger partial charge in [-0.2, -0.15) is 0 Å². The second-order valence-corrected chi connectivity index (χ2v) is 3.68. The lowest BCUT2D eigenvalue weighted by Gasteiger charge is -2.04. The van der Waals surface area contributed by atoms with Crippen LogP contribution >= 0.6 is 0 Å². The Balaban J connectivity index is 2.08. The average Bonchev–Trinajstić information content (AvgIpc) is 2.76. The topological polar surface area (TPSA) is 0 Å². The fraction of sp³-hybridized carbons (Fsp3) is 0.385. The van der Waals surface area contributed by atoms with Gasteiger partial charge in [-0.3, -0.25) is 0 Å². The Bertz CT molecular complexity index is 311. The zero-order valence-corrected chi connectivity index (χ0v) is 8.22. The molecule has 0 aromatic heterocycles. The Morgan fingerprint density at radius 2 is 2.15 bits per heavy atom. The van der Waals surface area contributed by atoms with E-state index in [1.165, 1.54) is 18.4 Å². The molecule has 0 fully saturated rings. The van der Waals surface area contributed by atoms with E-state index in [0.29, 0.717) is 0 Å². The molecule has 0 radical (unpaired) electrons. The molecule has 13 heavy (non-hydrogen) atoms. The highest BCUT2D eigenvalue weighted by Crippen LogP contribution is 2.28. The van der Waals surface area contributed by atoms with Crippen LogP contribution < -0.4 is 0 Å². The van der Waals surface area contributed by atoms with Crippen LogP contribution in [0.15, 0.2) is 47.1 Å². The van der Waals surface area contributed by atoms with E-state index in [-0.39, 0.29) is 0 Å². The van der Waals surface area contributed by atoms with Crippen molar-refractivity contribution >= 4 is 0 Å². The van der Waals surface area contributed by atoms with Gasteiger partial charge in [0.25, 0.3) is 0 Å². The molecule has 2 aliphatic carbocycles. The summed E-state index contributed by atoms with van der Waals surface area (Å²) in [5, 5.41) is 0. The maximum atomic E-state index is 2.33. The van der Waals surface area contributed by atoms with Crippen molar-refractivity contribution < 1.29 is 0 Å². The highest BCUT2D eigenvalue weighted by molar-refractivity contribution is 5.40. The quantitative estimate of drug-likeness (QED) is 0.605. The van der Waals surface area contributed by atoms with Crippen LogP contribution in [-0.2, 0) is 0 Å². The summed E-state index contributed by atoms with van der Waals surface area (Å²) < 4.78 is 0. The van der Waals surface area contributed by atoms with Gasteiger partial charge in [-0.05, 0) is 36.8 Å². The van der Waals surface area contributed by atoms with E-state index in [2.05, 4.69) is 37.3 Å². The molecule has 0 aliphatic heterocycles. The predicted octanol–water partition coefficient (Wildman–Crippen LogP) is 3.93. The highest BCUT2D eigenvalue weighted by Gasteiger charge is 2.08. The maximum Gasteiger partial charge on any atom is -0.00294 e. The molecular weight excluding hydrogens is 156 g/mol. The third kappa shape index (κ3) is 1.82. The van der Waals surface area contributed by atoms with Crippen molar-refractivity contribution in [2.45, 2.75) is 32.6 Å². The minimum atomic E-state index is 1.13. The zero-order valence-electron chi connectivity index (χ0n) is 8.22. The maximum absolute atomic E-state index is 2.33. The van der Waals surface area contributed by atoms with E-state index in [1.807, 2.05) is 0 Å². The van der Waals surface area contributed by atoms with Gasteiger partial charge < -0.3 is 0 Å². The van der Waals surface area contributed by atoms with Crippen LogP contribution in [0, 0.1) is 0 Å². The summed E-state index contributed by atoms with van der Waals surface area (Å²) in [6.45, 7) is 2.25. The summed E-state index contributed by atoms with van der Waals surface area (Å²) in [5.41, 5.74) is 4.68. The molecule has 68 valence electrons. The lowest BCUT2D eigenvalue weighted by molar-refractivity contribution is 1.01. The first-order valence-electron chi connectivity index (χ1n) is 5.13. The fourth-order valence-electron chi connectivity index (χ4n) is 2.01. The third-order valence-electron chi connectivity index (χ3n) is 2.81. The first kappa shape index (κ1) is 8.55. The van der Waals surface area contributed by atoms with E-state index in [1.54, 1.807) is 11.1 Å². The minimum Gasteiger partial charge on any atom is -0.0805 e. The van der Waals surface area contributed by atoms with E-state index in [9.17, 15) is 0 Å². The minimum absolute atomic E-state index is 1.13. The normalized spacial score (nSPS) is 20.2. The van der Waals surface area contributed by atoms with Gasteiger partial charge in [-0.1, -0.05) is 42.9 Å². The van der Waals surface area contributed by atoms with Gasteiger partial charge in [-0.25, -0.2) is 0 Å². The Hall–Kier alpha value is -1.04. The van der Waals surface area contributed by atoms with E-state index in [4.69, 9.17) is 0 Å². The first-order valence-corrected chi connectivity index (χ1v) is 5.13. The van der Waals surface area contributed by atoms with Crippen molar-refractivity contribution in [3.63, 3.8) is 0 Å². The average molecular weight is 172 g/mol. The highest BCUT2D eigenvalue weighted by atomic mass is 14.1. The smallest absolute Gasteiger partial charge is 0.00294 e. The number of hydrogen-bond donors (Lipinski definition) is 0. The summed E-state index contributed by atoms with van der Waals surface area (Å²) in [4.78, 5) is 0. The van der Waals surface area contributed by atoms with Crippen molar-refractivity contribution in [2.24, 2.45) is 0 Å². The summed E-state index contributed by atoms with van der Waals surface area (Å²) in [5.74, 6) is 0. The number of rotatable bonds is 3. The zero-order chi connectivity index (χ0) is 9.10. The van der Waals surface area contributed by atoms with Crippen molar-refractivity contribution in [2.75, 3.05) is 0 Å².